The molecular weight excluding hydrogens is 220 g/mol. The minimum Gasteiger partial charge on any atom is -0.480 e. The van der Waals surface area contributed by atoms with E-state index in [1.165, 1.54) is 0 Å². The van der Waals surface area contributed by atoms with E-state index in [2.05, 4.69) is 15.3 Å². The molecule has 2 rings (SSSR count). The SMILES string of the molecule is CNc1cncc([C@@H]2CCCN2CC(=O)O)n1. The first-order valence-corrected chi connectivity index (χ1v) is 5.66. The topological polar surface area (TPSA) is 78.4 Å². The van der Waals surface area contributed by atoms with Crippen LogP contribution in [-0.4, -0.2) is 46.1 Å². The van der Waals surface area contributed by atoms with E-state index in [1.54, 1.807) is 19.4 Å². The van der Waals surface area contributed by atoms with Crippen molar-refractivity contribution in [1.82, 2.24) is 14.9 Å². The Morgan fingerprint density at radius 2 is 2.47 bits per heavy atom. The standard InChI is InChI=1S/C11H16N4O2/c1-12-10-6-13-5-8(14-10)9-3-2-4-15(9)7-11(16)17/h5-6,9H,2-4,7H2,1H3,(H,12,14)(H,16,17)/t9-/m0/s1. The highest BCUT2D eigenvalue weighted by Gasteiger charge is 2.28. The molecule has 1 atom stereocenters. The van der Waals surface area contributed by atoms with Crippen LogP contribution in [0.1, 0.15) is 24.6 Å². The quantitative estimate of drug-likeness (QED) is 0.802. The lowest BCUT2D eigenvalue weighted by Gasteiger charge is -2.21. The summed E-state index contributed by atoms with van der Waals surface area (Å²) in [6, 6.07) is 0.0758. The van der Waals surface area contributed by atoms with Crippen molar-refractivity contribution in [3.8, 4) is 0 Å². The van der Waals surface area contributed by atoms with Gasteiger partial charge in [-0.05, 0) is 19.4 Å². The molecule has 92 valence electrons. The number of anilines is 1. The normalized spacial score (nSPS) is 20.4. The summed E-state index contributed by atoms with van der Waals surface area (Å²) < 4.78 is 0. The third-order valence-electron chi connectivity index (χ3n) is 2.95. The highest BCUT2D eigenvalue weighted by Crippen LogP contribution is 2.30. The van der Waals surface area contributed by atoms with Gasteiger partial charge < -0.3 is 10.4 Å². The first-order chi connectivity index (χ1) is 8.20. The third kappa shape index (κ3) is 2.71. The van der Waals surface area contributed by atoms with E-state index in [-0.39, 0.29) is 12.6 Å². The van der Waals surface area contributed by atoms with Crippen molar-refractivity contribution in [2.24, 2.45) is 0 Å². The van der Waals surface area contributed by atoms with Crippen molar-refractivity contribution in [2.45, 2.75) is 18.9 Å². The molecule has 1 saturated heterocycles. The number of carboxylic acids is 1. The molecule has 0 radical (unpaired) electrons. The first-order valence-electron chi connectivity index (χ1n) is 5.66. The lowest BCUT2D eigenvalue weighted by atomic mass is 10.1. The number of aliphatic carboxylic acids is 1. The van der Waals surface area contributed by atoms with E-state index in [0.717, 1.165) is 25.1 Å². The molecule has 0 aromatic carbocycles. The maximum atomic E-state index is 10.8. The maximum Gasteiger partial charge on any atom is 0.317 e. The molecule has 2 N–H and O–H groups in total. The summed E-state index contributed by atoms with van der Waals surface area (Å²) in [5.74, 6) is -0.0840. The zero-order chi connectivity index (χ0) is 12.3. The van der Waals surface area contributed by atoms with Gasteiger partial charge in [0, 0.05) is 7.05 Å². The molecule has 2 heterocycles. The zero-order valence-electron chi connectivity index (χ0n) is 9.76. The van der Waals surface area contributed by atoms with Gasteiger partial charge in [-0.15, -0.1) is 0 Å². The summed E-state index contributed by atoms with van der Waals surface area (Å²) in [5.41, 5.74) is 0.843. The molecule has 0 amide bonds. The van der Waals surface area contributed by atoms with Gasteiger partial charge in [0.15, 0.2) is 0 Å². The molecule has 0 bridgehead atoms. The molecule has 0 unspecified atom stereocenters. The number of rotatable bonds is 4. The minimum atomic E-state index is -0.797. The van der Waals surface area contributed by atoms with Crippen LogP contribution in [0.4, 0.5) is 5.82 Å². The van der Waals surface area contributed by atoms with Gasteiger partial charge in [0.05, 0.1) is 30.7 Å². The van der Waals surface area contributed by atoms with Crippen LogP contribution in [0.5, 0.6) is 0 Å². The second kappa shape index (κ2) is 5.09. The van der Waals surface area contributed by atoms with Crippen LogP contribution in [0.15, 0.2) is 12.4 Å². The fourth-order valence-electron chi connectivity index (χ4n) is 2.19. The van der Waals surface area contributed by atoms with Crippen LogP contribution in [0.2, 0.25) is 0 Å². The number of hydrogen-bond donors (Lipinski definition) is 2. The van der Waals surface area contributed by atoms with Crippen LogP contribution < -0.4 is 5.32 Å². The van der Waals surface area contributed by atoms with Crippen LogP contribution in [0.25, 0.3) is 0 Å². The summed E-state index contributed by atoms with van der Waals surface area (Å²) in [6.07, 6.45) is 5.31. The van der Waals surface area contributed by atoms with Gasteiger partial charge >= 0.3 is 5.97 Å². The van der Waals surface area contributed by atoms with E-state index in [9.17, 15) is 4.79 Å². The number of aromatic nitrogens is 2. The minimum absolute atomic E-state index is 0.0656. The Morgan fingerprint density at radius 1 is 1.65 bits per heavy atom. The van der Waals surface area contributed by atoms with Gasteiger partial charge in [-0.25, -0.2) is 4.98 Å². The van der Waals surface area contributed by atoms with Gasteiger partial charge in [-0.3, -0.25) is 14.7 Å². The first kappa shape index (κ1) is 11.8. The van der Waals surface area contributed by atoms with Crippen molar-refractivity contribution < 1.29 is 9.90 Å². The molecule has 1 fully saturated rings. The van der Waals surface area contributed by atoms with Crippen molar-refractivity contribution in [3.63, 3.8) is 0 Å². The highest BCUT2D eigenvalue weighted by atomic mass is 16.4. The van der Waals surface area contributed by atoms with E-state index in [1.807, 2.05) is 4.90 Å². The summed E-state index contributed by atoms with van der Waals surface area (Å²) in [7, 11) is 1.79. The molecule has 6 nitrogen and oxygen atoms in total. The maximum absolute atomic E-state index is 10.8. The molecule has 1 aromatic rings. The molecule has 6 heteroatoms. The highest BCUT2D eigenvalue weighted by molar-refractivity contribution is 5.69. The third-order valence-corrected chi connectivity index (χ3v) is 2.95. The fourth-order valence-corrected chi connectivity index (χ4v) is 2.19. The Labute approximate surface area is 99.7 Å². The second-order valence-corrected chi connectivity index (χ2v) is 4.10. The van der Waals surface area contributed by atoms with Gasteiger partial charge in [0.25, 0.3) is 0 Å². The summed E-state index contributed by atoms with van der Waals surface area (Å²) in [5, 5.41) is 11.8. The van der Waals surface area contributed by atoms with Crippen molar-refractivity contribution in [3.05, 3.63) is 18.1 Å². The number of nitrogens with one attached hydrogen (secondary N) is 1. The fraction of sp³-hybridized carbons (Fsp3) is 0.545. The van der Waals surface area contributed by atoms with Crippen LogP contribution in [0.3, 0.4) is 0 Å². The van der Waals surface area contributed by atoms with Gasteiger partial charge in [0.2, 0.25) is 0 Å². The van der Waals surface area contributed by atoms with E-state index in [0.29, 0.717) is 5.82 Å². The predicted molar refractivity (Wildman–Crippen MR) is 62.8 cm³/mol. The van der Waals surface area contributed by atoms with Crippen LogP contribution in [0, 0.1) is 0 Å². The molecule has 1 aliphatic heterocycles. The van der Waals surface area contributed by atoms with Gasteiger partial charge in [0.1, 0.15) is 5.82 Å². The van der Waals surface area contributed by atoms with E-state index < -0.39 is 5.97 Å². The Kier molecular flexibility index (Phi) is 3.53. The zero-order valence-corrected chi connectivity index (χ0v) is 9.76. The lowest BCUT2D eigenvalue weighted by molar-refractivity contribution is -0.138. The summed E-state index contributed by atoms with van der Waals surface area (Å²) in [4.78, 5) is 21.2. The Hall–Kier alpha value is -1.69. The molecular formula is C11H16N4O2. The number of hydrogen-bond acceptors (Lipinski definition) is 5. The molecule has 0 spiro atoms. The largest absolute Gasteiger partial charge is 0.480 e. The Morgan fingerprint density at radius 3 is 3.18 bits per heavy atom. The molecule has 1 aromatic heterocycles. The predicted octanol–water partition coefficient (Wildman–Crippen LogP) is 0.740. The van der Waals surface area contributed by atoms with Crippen molar-refractivity contribution in [2.75, 3.05) is 25.5 Å². The Balaban J connectivity index is 2.16. The summed E-state index contributed by atoms with van der Waals surface area (Å²) >= 11 is 0. The molecule has 1 aliphatic rings. The van der Waals surface area contributed by atoms with E-state index in [4.69, 9.17) is 5.11 Å². The average molecular weight is 236 g/mol. The van der Waals surface area contributed by atoms with Crippen LogP contribution in [-0.2, 0) is 4.79 Å². The van der Waals surface area contributed by atoms with Crippen molar-refractivity contribution in [1.29, 1.82) is 0 Å². The number of carbonyl (C=O) groups is 1. The summed E-state index contributed by atoms with van der Waals surface area (Å²) in [6.45, 7) is 0.874. The number of likely N-dealkylation sites (tertiary alicyclic amines) is 1. The molecule has 17 heavy (non-hydrogen) atoms. The number of nitrogens with zero attached hydrogens (tertiary/aromatic N) is 3. The Bertz CT molecular complexity index is 410. The van der Waals surface area contributed by atoms with Crippen molar-refractivity contribution >= 4 is 11.8 Å². The monoisotopic (exact) mass is 236 g/mol. The molecule has 0 saturated carbocycles. The second-order valence-electron chi connectivity index (χ2n) is 4.10. The van der Waals surface area contributed by atoms with Gasteiger partial charge in [-0.1, -0.05) is 0 Å². The smallest absolute Gasteiger partial charge is 0.317 e. The van der Waals surface area contributed by atoms with E-state index >= 15 is 0 Å². The average Bonchev–Trinajstić information content (AvgIpc) is 2.76. The van der Waals surface area contributed by atoms with Gasteiger partial charge in [-0.2, -0.15) is 0 Å². The number of carboxylic acid groups (broad SMARTS) is 1. The van der Waals surface area contributed by atoms with Crippen LogP contribution >= 0.6 is 0 Å². The molecule has 0 aliphatic carbocycles. The lowest BCUT2D eigenvalue weighted by Crippen LogP contribution is -2.29.